The van der Waals surface area contributed by atoms with E-state index in [1.54, 1.807) is 0 Å². The Morgan fingerprint density at radius 2 is 2.00 bits per heavy atom. The minimum atomic E-state index is -1.03. The third-order valence-electron chi connectivity index (χ3n) is 3.08. The molecule has 0 aliphatic carbocycles. The lowest BCUT2D eigenvalue weighted by atomic mass is 10.2. The summed E-state index contributed by atoms with van der Waals surface area (Å²) >= 11 is 0. The van der Waals surface area contributed by atoms with Crippen molar-refractivity contribution in [2.75, 3.05) is 10.6 Å². The van der Waals surface area contributed by atoms with Crippen LogP contribution >= 0.6 is 0 Å². The summed E-state index contributed by atoms with van der Waals surface area (Å²) in [5.41, 5.74) is 0.282. The Bertz CT molecular complexity index is 678. The van der Waals surface area contributed by atoms with Crippen molar-refractivity contribution in [3.63, 3.8) is 0 Å². The molecule has 0 fully saturated rings. The van der Waals surface area contributed by atoms with Crippen LogP contribution in [0.4, 0.5) is 20.3 Å². The fraction of sp³-hybridized carbons (Fsp3) is 0.267. The second kappa shape index (κ2) is 6.93. The van der Waals surface area contributed by atoms with Gasteiger partial charge in [0, 0.05) is 23.9 Å². The number of hydrogen-bond donors (Lipinski definition) is 2. The Balaban J connectivity index is 2.12. The maximum absolute atomic E-state index is 13.1. The molecule has 0 saturated carbocycles. The molecule has 0 radical (unpaired) electrons. The van der Waals surface area contributed by atoms with Gasteiger partial charge in [-0.25, -0.2) is 18.7 Å². The molecule has 1 atom stereocenters. The molecule has 22 heavy (non-hydrogen) atoms. The molecule has 0 bridgehead atoms. The van der Waals surface area contributed by atoms with Crippen LogP contribution in [0.2, 0.25) is 0 Å². The number of aromatic nitrogens is 2. The van der Waals surface area contributed by atoms with Crippen molar-refractivity contribution in [3.05, 3.63) is 47.9 Å². The zero-order valence-corrected chi connectivity index (χ0v) is 12.2. The minimum absolute atomic E-state index is 0.130. The molecule has 1 aromatic heterocycles. The number of nitrogens with zero attached hydrogens (tertiary/aromatic N) is 2. The third-order valence-corrected chi connectivity index (χ3v) is 3.08. The van der Waals surface area contributed by atoms with Gasteiger partial charge in [-0.2, -0.15) is 0 Å². The van der Waals surface area contributed by atoms with Gasteiger partial charge in [0.15, 0.2) is 11.6 Å². The van der Waals surface area contributed by atoms with Crippen LogP contribution in [0.3, 0.4) is 0 Å². The number of carbonyl (C=O) groups excluding carboxylic acids is 1. The second-order valence-corrected chi connectivity index (χ2v) is 4.83. The first kappa shape index (κ1) is 15.8. The molecule has 116 valence electrons. The highest BCUT2D eigenvalue weighted by molar-refractivity contribution is 6.03. The Kier molecular flexibility index (Phi) is 4.98. The predicted octanol–water partition coefficient (Wildman–Crippen LogP) is 3.22. The molecule has 2 aromatic rings. The molecule has 0 spiro atoms. The van der Waals surface area contributed by atoms with Crippen LogP contribution in [-0.4, -0.2) is 21.9 Å². The number of benzene rings is 1. The van der Waals surface area contributed by atoms with Crippen LogP contribution in [0.1, 0.15) is 30.8 Å². The van der Waals surface area contributed by atoms with Crippen LogP contribution in [0, 0.1) is 11.6 Å². The molecule has 1 amide bonds. The van der Waals surface area contributed by atoms with Crippen molar-refractivity contribution in [2.45, 2.75) is 26.3 Å². The van der Waals surface area contributed by atoms with Gasteiger partial charge in [0.05, 0.1) is 0 Å². The van der Waals surface area contributed by atoms with Crippen LogP contribution < -0.4 is 10.6 Å². The molecule has 0 saturated heterocycles. The number of halogens is 2. The molecule has 2 rings (SSSR count). The molecule has 1 unspecified atom stereocenters. The number of anilines is 2. The van der Waals surface area contributed by atoms with Crippen LogP contribution in [0.5, 0.6) is 0 Å². The average molecular weight is 306 g/mol. The first-order chi connectivity index (χ1) is 10.5. The fourth-order valence-corrected chi connectivity index (χ4v) is 1.68. The lowest BCUT2D eigenvalue weighted by Gasteiger charge is -2.12. The summed E-state index contributed by atoms with van der Waals surface area (Å²) in [6.45, 7) is 4.01. The van der Waals surface area contributed by atoms with Crippen molar-refractivity contribution in [3.8, 4) is 0 Å². The second-order valence-electron chi connectivity index (χ2n) is 4.83. The van der Waals surface area contributed by atoms with Crippen LogP contribution in [0.15, 0.2) is 30.6 Å². The Hall–Kier alpha value is -2.57. The molecule has 1 aromatic carbocycles. The third kappa shape index (κ3) is 3.97. The summed E-state index contributed by atoms with van der Waals surface area (Å²) < 4.78 is 26.0. The van der Waals surface area contributed by atoms with Crippen LogP contribution in [-0.2, 0) is 0 Å². The summed E-state index contributed by atoms with van der Waals surface area (Å²) in [6, 6.07) is 4.84. The Morgan fingerprint density at radius 3 is 2.68 bits per heavy atom. The van der Waals surface area contributed by atoms with E-state index in [-0.39, 0.29) is 17.4 Å². The van der Waals surface area contributed by atoms with E-state index in [0.717, 1.165) is 18.6 Å². The number of amides is 1. The first-order valence-electron chi connectivity index (χ1n) is 6.84. The van der Waals surface area contributed by atoms with Gasteiger partial charge in [0.2, 0.25) is 0 Å². The monoisotopic (exact) mass is 306 g/mol. The van der Waals surface area contributed by atoms with Gasteiger partial charge < -0.3 is 10.6 Å². The Labute approximate surface area is 126 Å². The number of hydrogen-bond acceptors (Lipinski definition) is 4. The van der Waals surface area contributed by atoms with Gasteiger partial charge in [-0.3, -0.25) is 4.79 Å². The van der Waals surface area contributed by atoms with Crippen molar-refractivity contribution in [1.29, 1.82) is 0 Å². The topological polar surface area (TPSA) is 66.9 Å². The maximum Gasteiger partial charge on any atom is 0.274 e. The summed E-state index contributed by atoms with van der Waals surface area (Å²) in [5, 5.41) is 5.58. The smallest absolute Gasteiger partial charge is 0.274 e. The van der Waals surface area contributed by atoms with Crippen molar-refractivity contribution in [2.24, 2.45) is 0 Å². The zero-order chi connectivity index (χ0) is 16.1. The summed E-state index contributed by atoms with van der Waals surface area (Å²) in [6.07, 6.45) is 2.17. The molecule has 0 aliphatic rings. The van der Waals surface area contributed by atoms with Gasteiger partial charge >= 0.3 is 0 Å². The molecule has 0 aliphatic heterocycles. The van der Waals surface area contributed by atoms with Gasteiger partial charge in [-0.1, -0.05) is 6.92 Å². The zero-order valence-electron chi connectivity index (χ0n) is 12.2. The number of carbonyl (C=O) groups is 1. The predicted molar refractivity (Wildman–Crippen MR) is 79.7 cm³/mol. The molecule has 2 N–H and O–H groups in total. The van der Waals surface area contributed by atoms with E-state index in [1.165, 1.54) is 18.5 Å². The van der Waals surface area contributed by atoms with Crippen molar-refractivity contribution < 1.29 is 13.6 Å². The van der Waals surface area contributed by atoms with E-state index < -0.39 is 17.5 Å². The maximum atomic E-state index is 13.1. The molecule has 5 nitrogen and oxygen atoms in total. The van der Waals surface area contributed by atoms with Gasteiger partial charge in [0.1, 0.15) is 17.8 Å². The fourth-order valence-electron chi connectivity index (χ4n) is 1.68. The number of nitrogens with one attached hydrogen (secondary N) is 2. The highest BCUT2D eigenvalue weighted by Crippen LogP contribution is 2.14. The van der Waals surface area contributed by atoms with E-state index in [4.69, 9.17) is 0 Å². The van der Waals surface area contributed by atoms with E-state index in [1.807, 2.05) is 13.8 Å². The van der Waals surface area contributed by atoms with Crippen LogP contribution in [0.25, 0.3) is 0 Å². The summed E-state index contributed by atoms with van der Waals surface area (Å²) in [5.74, 6) is -2.00. The van der Waals surface area contributed by atoms with E-state index in [2.05, 4.69) is 20.6 Å². The molecular weight excluding hydrogens is 290 g/mol. The summed E-state index contributed by atoms with van der Waals surface area (Å²) in [7, 11) is 0. The van der Waals surface area contributed by atoms with E-state index in [0.29, 0.717) is 5.82 Å². The molecule has 7 heteroatoms. The quantitative estimate of drug-likeness (QED) is 0.890. The van der Waals surface area contributed by atoms with E-state index in [9.17, 15) is 13.6 Å². The lowest BCUT2D eigenvalue weighted by Crippen LogP contribution is -2.17. The van der Waals surface area contributed by atoms with E-state index >= 15 is 0 Å². The molecule has 1 heterocycles. The minimum Gasteiger partial charge on any atom is -0.368 e. The SMILES string of the molecule is CCC(C)Nc1cc(C(=O)Nc2ccc(F)c(F)c2)ncn1. The average Bonchev–Trinajstić information content (AvgIpc) is 2.51. The van der Waals surface area contributed by atoms with Gasteiger partial charge in [0.25, 0.3) is 5.91 Å². The normalized spacial score (nSPS) is 11.8. The molecular formula is C15H16F2N4O. The Morgan fingerprint density at radius 1 is 1.23 bits per heavy atom. The lowest BCUT2D eigenvalue weighted by molar-refractivity contribution is 0.102. The van der Waals surface area contributed by atoms with Gasteiger partial charge in [-0.15, -0.1) is 0 Å². The van der Waals surface area contributed by atoms with Crippen molar-refractivity contribution in [1.82, 2.24) is 9.97 Å². The standard InChI is InChI=1S/C15H16F2N4O/c1-3-9(2)20-14-7-13(18-8-19-14)15(22)21-10-4-5-11(16)12(17)6-10/h4-9H,3H2,1-2H3,(H,21,22)(H,18,19,20). The highest BCUT2D eigenvalue weighted by atomic mass is 19.2. The number of rotatable bonds is 5. The summed E-state index contributed by atoms with van der Waals surface area (Å²) in [4.78, 5) is 20.0. The first-order valence-corrected chi connectivity index (χ1v) is 6.84. The van der Waals surface area contributed by atoms with Gasteiger partial charge in [-0.05, 0) is 25.5 Å². The highest BCUT2D eigenvalue weighted by Gasteiger charge is 2.11. The largest absolute Gasteiger partial charge is 0.368 e. The van der Waals surface area contributed by atoms with Crippen molar-refractivity contribution >= 4 is 17.4 Å².